The Morgan fingerprint density at radius 1 is 1.44 bits per heavy atom. The van der Waals surface area contributed by atoms with E-state index in [-0.39, 0.29) is 0 Å². The van der Waals surface area contributed by atoms with Crippen LogP contribution >= 0.6 is 0 Å². The second kappa shape index (κ2) is 4.88. The number of carbonyl (C=O) groups excluding carboxylic acids is 1. The molecule has 0 heterocycles. The minimum Gasteiger partial charge on any atom is -0.398 e. The van der Waals surface area contributed by atoms with E-state index in [9.17, 15) is 4.79 Å². The maximum absolute atomic E-state index is 11.2. The van der Waals surface area contributed by atoms with Crippen molar-refractivity contribution in [2.75, 3.05) is 17.6 Å². The molecule has 0 aliphatic heterocycles. The molecule has 0 radical (unpaired) electrons. The van der Waals surface area contributed by atoms with Crippen molar-refractivity contribution in [1.82, 2.24) is 0 Å². The molecule has 0 spiro atoms. The molecular weight excluding hydrogens is 226 g/mol. The lowest BCUT2D eigenvalue weighted by Gasteiger charge is -2.41. The van der Waals surface area contributed by atoms with Crippen LogP contribution in [0.25, 0.3) is 0 Å². The summed E-state index contributed by atoms with van der Waals surface area (Å²) in [5.74, 6) is -0.481. The highest BCUT2D eigenvalue weighted by atomic mass is 16.1. The molecule has 1 aliphatic carbocycles. The van der Waals surface area contributed by atoms with E-state index in [2.05, 4.69) is 12.2 Å². The molecular formula is C14H21N3O. The van der Waals surface area contributed by atoms with E-state index < -0.39 is 5.91 Å². The van der Waals surface area contributed by atoms with Crippen molar-refractivity contribution in [2.45, 2.75) is 32.6 Å². The SMILES string of the molecule is CCC1(CNc2ccc(N)c(C(N)=O)c2)CCC1. The number of anilines is 2. The Kier molecular flexibility index (Phi) is 3.45. The Morgan fingerprint density at radius 2 is 2.17 bits per heavy atom. The molecule has 18 heavy (non-hydrogen) atoms. The van der Waals surface area contributed by atoms with Crippen molar-refractivity contribution in [3.05, 3.63) is 23.8 Å². The molecule has 2 rings (SSSR count). The van der Waals surface area contributed by atoms with Gasteiger partial charge in [0.1, 0.15) is 0 Å². The first-order valence-corrected chi connectivity index (χ1v) is 6.49. The van der Waals surface area contributed by atoms with Gasteiger partial charge in [-0.25, -0.2) is 0 Å². The Morgan fingerprint density at radius 3 is 2.67 bits per heavy atom. The summed E-state index contributed by atoms with van der Waals surface area (Å²) in [6.45, 7) is 3.18. The first-order chi connectivity index (χ1) is 8.56. The summed E-state index contributed by atoms with van der Waals surface area (Å²) in [5.41, 5.74) is 13.2. The molecule has 1 aliphatic rings. The number of nitrogens with one attached hydrogen (secondary N) is 1. The summed E-state index contributed by atoms with van der Waals surface area (Å²) in [5, 5.41) is 3.40. The summed E-state index contributed by atoms with van der Waals surface area (Å²) in [4.78, 5) is 11.2. The number of nitrogen functional groups attached to an aromatic ring is 1. The maximum Gasteiger partial charge on any atom is 0.250 e. The van der Waals surface area contributed by atoms with Crippen molar-refractivity contribution >= 4 is 17.3 Å². The average Bonchev–Trinajstić information content (AvgIpc) is 2.30. The van der Waals surface area contributed by atoms with E-state index in [0.29, 0.717) is 16.7 Å². The van der Waals surface area contributed by atoms with Crippen LogP contribution in [-0.4, -0.2) is 12.5 Å². The van der Waals surface area contributed by atoms with Crippen molar-refractivity contribution in [3.8, 4) is 0 Å². The fourth-order valence-electron chi connectivity index (χ4n) is 2.50. The zero-order valence-electron chi connectivity index (χ0n) is 10.8. The number of rotatable bonds is 5. The van der Waals surface area contributed by atoms with Crippen LogP contribution in [0.1, 0.15) is 43.0 Å². The molecule has 98 valence electrons. The van der Waals surface area contributed by atoms with E-state index >= 15 is 0 Å². The van der Waals surface area contributed by atoms with Gasteiger partial charge in [-0.1, -0.05) is 13.3 Å². The molecule has 1 aromatic rings. The van der Waals surface area contributed by atoms with E-state index in [1.165, 1.54) is 25.7 Å². The quantitative estimate of drug-likeness (QED) is 0.699. The number of carbonyl (C=O) groups is 1. The second-order valence-electron chi connectivity index (χ2n) is 5.23. The van der Waals surface area contributed by atoms with Crippen molar-refractivity contribution < 1.29 is 4.79 Å². The van der Waals surface area contributed by atoms with Crippen molar-refractivity contribution in [3.63, 3.8) is 0 Å². The molecule has 4 heteroatoms. The minimum atomic E-state index is -0.481. The van der Waals surface area contributed by atoms with Crippen LogP contribution in [0, 0.1) is 5.41 Å². The number of nitrogens with two attached hydrogens (primary N) is 2. The molecule has 0 saturated heterocycles. The van der Waals surface area contributed by atoms with Gasteiger partial charge >= 0.3 is 0 Å². The molecule has 1 saturated carbocycles. The third-order valence-corrected chi connectivity index (χ3v) is 4.15. The lowest BCUT2D eigenvalue weighted by Crippen LogP contribution is -2.35. The van der Waals surface area contributed by atoms with Crippen LogP contribution in [0.3, 0.4) is 0 Å². The molecule has 1 aromatic carbocycles. The van der Waals surface area contributed by atoms with Gasteiger partial charge < -0.3 is 16.8 Å². The molecule has 0 aromatic heterocycles. The highest BCUT2D eigenvalue weighted by Crippen LogP contribution is 2.43. The van der Waals surface area contributed by atoms with Gasteiger partial charge in [0.05, 0.1) is 5.56 Å². The Hall–Kier alpha value is -1.71. The summed E-state index contributed by atoms with van der Waals surface area (Å²) in [6.07, 6.45) is 5.09. The topological polar surface area (TPSA) is 81.1 Å². The van der Waals surface area contributed by atoms with Gasteiger partial charge in [-0.15, -0.1) is 0 Å². The highest BCUT2D eigenvalue weighted by molar-refractivity contribution is 5.98. The van der Waals surface area contributed by atoms with Crippen molar-refractivity contribution in [2.24, 2.45) is 11.1 Å². The summed E-state index contributed by atoms with van der Waals surface area (Å²) >= 11 is 0. The lowest BCUT2D eigenvalue weighted by molar-refractivity contribution is 0.100. The fourth-order valence-corrected chi connectivity index (χ4v) is 2.50. The molecule has 1 amide bonds. The van der Waals surface area contributed by atoms with Crippen molar-refractivity contribution in [1.29, 1.82) is 0 Å². The molecule has 5 N–H and O–H groups in total. The van der Waals surface area contributed by atoms with Crippen LogP contribution in [0.5, 0.6) is 0 Å². The Bertz CT molecular complexity index is 447. The van der Waals surface area contributed by atoms with Gasteiger partial charge in [0, 0.05) is 17.9 Å². The second-order valence-corrected chi connectivity index (χ2v) is 5.23. The van der Waals surface area contributed by atoms with E-state index in [1.54, 1.807) is 12.1 Å². The smallest absolute Gasteiger partial charge is 0.250 e. The van der Waals surface area contributed by atoms with Gasteiger partial charge in [-0.05, 0) is 42.9 Å². The zero-order valence-corrected chi connectivity index (χ0v) is 10.8. The molecule has 1 fully saturated rings. The van der Waals surface area contributed by atoms with Crippen LogP contribution in [-0.2, 0) is 0 Å². The molecule has 0 unspecified atom stereocenters. The first-order valence-electron chi connectivity index (χ1n) is 6.49. The zero-order chi connectivity index (χ0) is 13.2. The standard InChI is InChI=1S/C14H21N3O/c1-2-14(6-3-7-14)9-17-10-4-5-12(15)11(8-10)13(16)18/h4-5,8,17H,2-3,6-7,9,15H2,1H3,(H2,16,18). The van der Waals surface area contributed by atoms with Crippen LogP contribution < -0.4 is 16.8 Å². The van der Waals surface area contributed by atoms with Crippen LogP contribution in [0.4, 0.5) is 11.4 Å². The number of hydrogen-bond acceptors (Lipinski definition) is 3. The largest absolute Gasteiger partial charge is 0.398 e. The van der Waals surface area contributed by atoms with Crippen LogP contribution in [0.2, 0.25) is 0 Å². The molecule has 4 nitrogen and oxygen atoms in total. The lowest BCUT2D eigenvalue weighted by atomic mass is 9.67. The van der Waals surface area contributed by atoms with Gasteiger partial charge in [0.25, 0.3) is 5.91 Å². The van der Waals surface area contributed by atoms with E-state index in [1.807, 2.05) is 6.07 Å². The number of benzene rings is 1. The summed E-state index contributed by atoms with van der Waals surface area (Å²) < 4.78 is 0. The molecule has 0 atom stereocenters. The predicted octanol–water partition coefficient (Wildman–Crippen LogP) is 2.36. The first kappa shape index (κ1) is 12.7. The monoisotopic (exact) mass is 247 g/mol. The fraction of sp³-hybridized carbons (Fsp3) is 0.500. The van der Waals surface area contributed by atoms with Gasteiger partial charge in [0.2, 0.25) is 0 Å². The summed E-state index contributed by atoms with van der Waals surface area (Å²) in [6, 6.07) is 5.35. The van der Waals surface area contributed by atoms with Gasteiger partial charge in [-0.2, -0.15) is 0 Å². The maximum atomic E-state index is 11.2. The van der Waals surface area contributed by atoms with Gasteiger partial charge in [-0.3, -0.25) is 4.79 Å². The predicted molar refractivity (Wildman–Crippen MR) is 74.4 cm³/mol. The number of hydrogen-bond donors (Lipinski definition) is 3. The van der Waals surface area contributed by atoms with Crippen LogP contribution in [0.15, 0.2) is 18.2 Å². The third kappa shape index (κ3) is 2.42. The summed E-state index contributed by atoms with van der Waals surface area (Å²) in [7, 11) is 0. The van der Waals surface area contributed by atoms with E-state index in [4.69, 9.17) is 11.5 Å². The van der Waals surface area contributed by atoms with E-state index in [0.717, 1.165) is 12.2 Å². The third-order valence-electron chi connectivity index (χ3n) is 4.15. The van der Waals surface area contributed by atoms with Gasteiger partial charge in [0.15, 0.2) is 0 Å². The molecule has 0 bridgehead atoms. The normalized spacial score (nSPS) is 16.9. The highest BCUT2D eigenvalue weighted by Gasteiger charge is 2.34. The number of amides is 1. The number of primary amides is 1. The average molecular weight is 247 g/mol. The Labute approximate surface area is 108 Å². The Balaban J connectivity index is 2.06. The minimum absolute atomic E-state index is 0.388.